The van der Waals surface area contributed by atoms with Crippen molar-refractivity contribution in [2.24, 2.45) is 0 Å². The highest BCUT2D eigenvalue weighted by molar-refractivity contribution is 5.87. The molecule has 106 valence electrons. The van der Waals surface area contributed by atoms with Gasteiger partial charge in [0.2, 0.25) is 0 Å². The summed E-state index contributed by atoms with van der Waals surface area (Å²) in [6.07, 6.45) is 4.47. The van der Waals surface area contributed by atoms with Crippen LogP contribution in [0.5, 0.6) is 0 Å². The first kappa shape index (κ1) is 12.7. The van der Waals surface area contributed by atoms with Crippen LogP contribution < -0.4 is 0 Å². The van der Waals surface area contributed by atoms with E-state index in [1.54, 1.807) is 0 Å². The van der Waals surface area contributed by atoms with Crippen molar-refractivity contribution in [1.29, 1.82) is 0 Å². The molecule has 7 rings (SSSR count). The van der Waals surface area contributed by atoms with Crippen LogP contribution in [-0.2, 0) is 25.7 Å². The van der Waals surface area contributed by atoms with Crippen LogP contribution in [0.25, 0.3) is 10.9 Å². The normalized spacial score (nSPS) is 14.4. The topological polar surface area (TPSA) is 15.8 Å². The second-order valence-corrected chi connectivity index (χ2v) is 6.39. The fraction of sp³-hybridized carbons (Fsp3) is 0.300. The van der Waals surface area contributed by atoms with Gasteiger partial charge in [0.25, 0.3) is 0 Å². The molecule has 0 saturated carbocycles. The number of aromatic nitrogens is 1. The van der Waals surface area contributed by atoms with Gasteiger partial charge in [-0.15, -0.1) is 0 Å². The molecule has 2 aromatic carbocycles. The summed E-state index contributed by atoms with van der Waals surface area (Å²) in [4.78, 5) is 3.57. The zero-order chi connectivity index (χ0) is 14.4. The molecule has 4 aliphatic carbocycles. The van der Waals surface area contributed by atoms with Gasteiger partial charge in [-0.25, -0.2) is 0 Å². The summed E-state index contributed by atoms with van der Waals surface area (Å²) in [5.74, 6) is 0. The molecule has 0 saturated heterocycles. The third-order valence-corrected chi connectivity index (χ3v) is 4.86. The Hall–Kier alpha value is -2.02. The molecule has 0 unspecified atom stereocenters. The Morgan fingerprint density at radius 3 is 2.33 bits per heavy atom. The van der Waals surface area contributed by atoms with E-state index in [0.717, 1.165) is 25.7 Å². The average molecular weight is 275 g/mol. The maximum absolute atomic E-state index is 3.57. The zero-order valence-electron chi connectivity index (χ0n) is 12.8. The summed E-state index contributed by atoms with van der Waals surface area (Å²) in [6.45, 7) is 4.41. The van der Waals surface area contributed by atoms with Crippen LogP contribution in [0.2, 0.25) is 0 Å². The Balaban J connectivity index is 1.89. The van der Waals surface area contributed by atoms with Crippen molar-refractivity contribution in [2.45, 2.75) is 39.5 Å². The van der Waals surface area contributed by atoms with E-state index in [0.29, 0.717) is 0 Å². The van der Waals surface area contributed by atoms with Gasteiger partial charge in [-0.2, -0.15) is 0 Å². The van der Waals surface area contributed by atoms with E-state index in [1.165, 1.54) is 44.4 Å². The van der Waals surface area contributed by atoms with Crippen molar-refractivity contribution in [3.05, 3.63) is 69.9 Å². The van der Waals surface area contributed by atoms with Gasteiger partial charge in [-0.3, -0.25) is 0 Å². The predicted octanol–water partition coefficient (Wildman–Crippen LogP) is 4.67. The summed E-state index contributed by atoms with van der Waals surface area (Å²) < 4.78 is 0. The third kappa shape index (κ3) is 2.17. The van der Waals surface area contributed by atoms with Crippen LogP contribution in [-0.4, -0.2) is 4.98 Å². The van der Waals surface area contributed by atoms with Gasteiger partial charge in [-0.1, -0.05) is 30.3 Å². The molecule has 0 fully saturated rings. The third-order valence-electron chi connectivity index (χ3n) is 4.86. The average Bonchev–Trinajstić information content (AvgIpc) is 2.84. The van der Waals surface area contributed by atoms with Crippen molar-refractivity contribution < 1.29 is 0 Å². The van der Waals surface area contributed by atoms with Crippen molar-refractivity contribution in [3.63, 3.8) is 0 Å². The second kappa shape index (κ2) is 4.77. The fourth-order valence-corrected chi connectivity index (χ4v) is 3.64. The van der Waals surface area contributed by atoms with Gasteiger partial charge in [-0.05, 0) is 73.4 Å². The Morgan fingerprint density at radius 1 is 0.762 bits per heavy atom. The first-order chi connectivity index (χ1) is 10.2. The molecular weight excluding hydrogens is 254 g/mol. The van der Waals surface area contributed by atoms with Gasteiger partial charge in [0.15, 0.2) is 0 Å². The van der Waals surface area contributed by atoms with E-state index in [-0.39, 0.29) is 0 Å². The molecule has 1 nitrogen and oxygen atoms in total. The van der Waals surface area contributed by atoms with Gasteiger partial charge >= 0.3 is 0 Å². The maximum atomic E-state index is 3.57. The van der Waals surface area contributed by atoms with E-state index in [9.17, 15) is 0 Å². The van der Waals surface area contributed by atoms with Crippen LogP contribution >= 0.6 is 0 Å². The number of H-pyrrole nitrogens is 1. The summed E-state index contributed by atoms with van der Waals surface area (Å²) in [7, 11) is 0. The molecule has 1 aromatic heterocycles. The SMILES string of the molecule is Cc1cc2c3ccc(c2[nH]1)CCc1ccc(c(C)c1)CC3. The summed E-state index contributed by atoms with van der Waals surface area (Å²) in [5, 5.41) is 1.43. The molecule has 1 heterocycles. The summed E-state index contributed by atoms with van der Waals surface area (Å²) >= 11 is 0. The Labute approximate surface area is 126 Å². The maximum Gasteiger partial charge on any atom is 0.0491 e. The lowest BCUT2D eigenvalue weighted by atomic mass is 9.92. The number of nitrogens with one attached hydrogen (secondary N) is 1. The molecule has 0 spiro atoms. The molecule has 4 aliphatic rings. The minimum Gasteiger partial charge on any atom is -0.358 e. The molecule has 0 radical (unpaired) electrons. The van der Waals surface area contributed by atoms with Crippen molar-refractivity contribution in [3.8, 4) is 0 Å². The van der Waals surface area contributed by atoms with Gasteiger partial charge in [0.05, 0.1) is 0 Å². The predicted molar refractivity (Wildman–Crippen MR) is 89.0 cm³/mol. The minimum absolute atomic E-state index is 1.11. The molecule has 21 heavy (non-hydrogen) atoms. The highest BCUT2D eigenvalue weighted by Gasteiger charge is 2.11. The second-order valence-electron chi connectivity index (χ2n) is 6.39. The Morgan fingerprint density at radius 2 is 1.48 bits per heavy atom. The van der Waals surface area contributed by atoms with Crippen molar-refractivity contribution in [2.75, 3.05) is 0 Å². The Kier molecular flexibility index (Phi) is 2.88. The van der Waals surface area contributed by atoms with Crippen LogP contribution in [0.3, 0.4) is 0 Å². The Bertz CT molecular complexity index is 823. The van der Waals surface area contributed by atoms with Crippen LogP contribution in [0, 0.1) is 13.8 Å². The molecular formula is C20H21N. The van der Waals surface area contributed by atoms with E-state index < -0.39 is 0 Å². The summed E-state index contributed by atoms with van der Waals surface area (Å²) in [6, 6.07) is 14.0. The number of aryl methyl sites for hydroxylation is 6. The number of benzene rings is 2. The molecule has 0 aliphatic heterocycles. The lowest BCUT2D eigenvalue weighted by Crippen LogP contribution is -2.01. The van der Waals surface area contributed by atoms with Gasteiger partial charge < -0.3 is 4.98 Å². The zero-order valence-corrected chi connectivity index (χ0v) is 12.8. The molecule has 3 aromatic rings. The smallest absolute Gasteiger partial charge is 0.0491 e. The van der Waals surface area contributed by atoms with E-state index >= 15 is 0 Å². The van der Waals surface area contributed by atoms with E-state index in [1.807, 2.05) is 0 Å². The number of aromatic amines is 1. The van der Waals surface area contributed by atoms with Crippen molar-refractivity contribution >= 4 is 10.9 Å². The lowest BCUT2D eigenvalue weighted by molar-refractivity contribution is 0.923. The first-order valence-corrected chi connectivity index (χ1v) is 7.89. The fourth-order valence-electron chi connectivity index (χ4n) is 3.64. The largest absolute Gasteiger partial charge is 0.358 e. The van der Waals surface area contributed by atoms with Crippen LogP contribution in [0.15, 0.2) is 36.4 Å². The molecule has 0 atom stereocenters. The highest BCUT2D eigenvalue weighted by atomic mass is 14.7. The number of hydrogen-bond donors (Lipinski definition) is 1. The standard InChI is InChI=1S/C20H21N/c1-13-11-15-3-5-16(13)7-8-17-9-10-18(6-4-15)20-19(17)12-14(2)21-20/h3,5,9-12,21H,4,6-8H2,1-2H3. The van der Waals surface area contributed by atoms with E-state index in [2.05, 4.69) is 55.2 Å². The molecule has 4 bridgehead atoms. The van der Waals surface area contributed by atoms with Crippen molar-refractivity contribution in [1.82, 2.24) is 4.98 Å². The summed E-state index contributed by atoms with van der Waals surface area (Å²) in [5.41, 5.74) is 9.94. The molecule has 1 heteroatoms. The minimum atomic E-state index is 1.11. The molecule has 0 amide bonds. The monoisotopic (exact) mass is 275 g/mol. The highest BCUT2D eigenvalue weighted by Crippen LogP contribution is 2.27. The quantitative estimate of drug-likeness (QED) is 0.613. The first-order valence-electron chi connectivity index (χ1n) is 7.89. The molecule has 1 N–H and O–H groups in total. The van der Waals surface area contributed by atoms with E-state index in [4.69, 9.17) is 0 Å². The number of hydrogen-bond acceptors (Lipinski definition) is 0. The van der Waals surface area contributed by atoms with Gasteiger partial charge in [0, 0.05) is 16.6 Å². The van der Waals surface area contributed by atoms with Gasteiger partial charge in [0.1, 0.15) is 0 Å². The van der Waals surface area contributed by atoms with Crippen LogP contribution in [0.1, 0.15) is 33.5 Å². The number of rotatable bonds is 0. The van der Waals surface area contributed by atoms with Crippen LogP contribution in [0.4, 0.5) is 0 Å². The lowest BCUT2D eigenvalue weighted by Gasteiger charge is -2.13.